The highest BCUT2D eigenvalue weighted by atomic mass is 79.9. The smallest absolute Gasteiger partial charge is 0.248 e. The van der Waals surface area contributed by atoms with Crippen molar-refractivity contribution in [3.63, 3.8) is 0 Å². The fourth-order valence-electron chi connectivity index (χ4n) is 1.48. The van der Waals surface area contributed by atoms with Gasteiger partial charge in [-0.3, -0.25) is 0 Å². The lowest BCUT2D eigenvalue weighted by Gasteiger charge is -2.10. The number of aromatic nitrogens is 1. The molecular formula is C11H13BrN2O2S3. The molecular weight excluding hydrogens is 368 g/mol. The van der Waals surface area contributed by atoms with Gasteiger partial charge in [0.25, 0.3) is 10.0 Å². The largest absolute Gasteiger partial charge is 0.250 e. The second kappa shape index (κ2) is 5.61. The minimum atomic E-state index is -3.49. The molecule has 0 amide bonds. The Balaban J connectivity index is 2.22. The van der Waals surface area contributed by atoms with Crippen molar-refractivity contribution >= 4 is 48.6 Å². The highest BCUT2D eigenvalue weighted by Crippen LogP contribution is 2.31. The van der Waals surface area contributed by atoms with Crippen LogP contribution >= 0.6 is 38.6 Å². The van der Waals surface area contributed by atoms with E-state index in [9.17, 15) is 8.42 Å². The first-order chi connectivity index (χ1) is 8.79. The average Bonchev–Trinajstić information content (AvgIpc) is 2.86. The van der Waals surface area contributed by atoms with Gasteiger partial charge < -0.3 is 0 Å². The zero-order chi connectivity index (χ0) is 14.2. The van der Waals surface area contributed by atoms with Crippen LogP contribution in [0.5, 0.6) is 0 Å². The van der Waals surface area contributed by atoms with Gasteiger partial charge in [-0.25, -0.2) is 18.1 Å². The number of nitrogens with one attached hydrogen (secondary N) is 1. The van der Waals surface area contributed by atoms with E-state index in [1.165, 1.54) is 22.7 Å². The van der Waals surface area contributed by atoms with E-state index < -0.39 is 10.0 Å². The van der Waals surface area contributed by atoms with Gasteiger partial charge in [-0.2, -0.15) is 0 Å². The lowest BCUT2D eigenvalue weighted by atomic mass is 10.4. The van der Waals surface area contributed by atoms with Gasteiger partial charge in [0.1, 0.15) is 9.22 Å². The summed E-state index contributed by atoms with van der Waals surface area (Å²) >= 11 is 6.05. The minimum Gasteiger partial charge on any atom is -0.248 e. The number of halogens is 1. The van der Waals surface area contributed by atoms with Crippen LogP contribution in [0.15, 0.2) is 20.3 Å². The molecule has 2 aromatic heterocycles. The van der Waals surface area contributed by atoms with Crippen LogP contribution in [0.4, 0.5) is 0 Å². The van der Waals surface area contributed by atoms with Crippen LogP contribution in [-0.4, -0.2) is 13.4 Å². The van der Waals surface area contributed by atoms with Gasteiger partial charge in [0.2, 0.25) is 0 Å². The van der Waals surface area contributed by atoms with Crippen molar-refractivity contribution in [2.24, 2.45) is 0 Å². The maximum Gasteiger partial charge on any atom is 0.250 e. The third-order valence-corrected chi connectivity index (χ3v) is 7.69. The number of aryl methyl sites for hydroxylation is 2. The van der Waals surface area contributed by atoms with Gasteiger partial charge in [0.05, 0.1) is 9.83 Å². The summed E-state index contributed by atoms with van der Waals surface area (Å²) in [6.07, 6.45) is 1.75. The molecule has 0 bridgehead atoms. The Hall–Kier alpha value is -0.280. The van der Waals surface area contributed by atoms with Crippen molar-refractivity contribution in [2.75, 3.05) is 0 Å². The Morgan fingerprint density at radius 2 is 2.05 bits per heavy atom. The Kier molecular flexibility index (Phi) is 4.46. The van der Waals surface area contributed by atoms with E-state index in [1.54, 1.807) is 19.2 Å². The summed E-state index contributed by atoms with van der Waals surface area (Å²) in [5.41, 5.74) is 0.920. The number of hydrogen-bond acceptors (Lipinski definition) is 5. The Bertz CT molecular complexity index is 671. The van der Waals surface area contributed by atoms with E-state index in [2.05, 4.69) is 25.6 Å². The fourth-order valence-corrected chi connectivity index (χ4v) is 5.78. The zero-order valence-electron chi connectivity index (χ0n) is 10.6. The van der Waals surface area contributed by atoms with E-state index in [-0.39, 0.29) is 6.04 Å². The number of rotatable bonds is 4. The van der Waals surface area contributed by atoms with Gasteiger partial charge in [0, 0.05) is 11.1 Å². The van der Waals surface area contributed by atoms with Gasteiger partial charge >= 0.3 is 0 Å². The standard InChI is InChI=1S/C11H13BrN2O2S3/c1-6-4-9(18-10(6)12)19(15,16)14-8(3)11-13-5-7(2)17-11/h4-5,8,14H,1-3H3. The number of hydrogen-bond donors (Lipinski definition) is 1. The minimum absolute atomic E-state index is 0.317. The number of thiophene rings is 1. The first kappa shape index (κ1) is 15.1. The summed E-state index contributed by atoms with van der Waals surface area (Å²) in [5.74, 6) is 0. The maximum absolute atomic E-state index is 12.2. The molecule has 0 fully saturated rings. The van der Waals surface area contributed by atoms with E-state index in [0.29, 0.717) is 4.21 Å². The monoisotopic (exact) mass is 380 g/mol. The van der Waals surface area contributed by atoms with E-state index >= 15 is 0 Å². The van der Waals surface area contributed by atoms with Crippen molar-refractivity contribution in [3.8, 4) is 0 Å². The lowest BCUT2D eigenvalue weighted by molar-refractivity contribution is 0.568. The number of sulfonamides is 1. The maximum atomic E-state index is 12.2. The molecule has 4 nitrogen and oxygen atoms in total. The Morgan fingerprint density at radius 1 is 1.37 bits per heavy atom. The van der Waals surface area contributed by atoms with E-state index in [0.717, 1.165) is 19.2 Å². The SMILES string of the molecule is Cc1cnc(C(C)NS(=O)(=O)c2cc(C)c(Br)s2)s1. The number of thiazole rings is 1. The van der Waals surface area contributed by atoms with Gasteiger partial charge in [-0.15, -0.1) is 22.7 Å². The summed E-state index contributed by atoms with van der Waals surface area (Å²) in [5, 5.41) is 0.772. The third kappa shape index (κ3) is 3.43. The molecule has 0 aliphatic heterocycles. The van der Waals surface area contributed by atoms with Crippen molar-refractivity contribution in [3.05, 3.63) is 31.5 Å². The molecule has 1 atom stereocenters. The molecule has 0 saturated heterocycles. The summed E-state index contributed by atoms with van der Waals surface area (Å²) in [6.45, 7) is 5.61. The van der Waals surface area contributed by atoms with Gasteiger partial charge in [-0.1, -0.05) is 0 Å². The Morgan fingerprint density at radius 3 is 2.53 bits per heavy atom. The van der Waals surface area contributed by atoms with Crippen molar-refractivity contribution in [1.82, 2.24) is 9.71 Å². The molecule has 2 heterocycles. The van der Waals surface area contributed by atoms with Crippen LogP contribution in [0.2, 0.25) is 0 Å². The highest BCUT2D eigenvalue weighted by Gasteiger charge is 2.22. The molecule has 0 spiro atoms. The topological polar surface area (TPSA) is 59.1 Å². The molecule has 0 saturated carbocycles. The molecule has 104 valence electrons. The molecule has 19 heavy (non-hydrogen) atoms. The molecule has 1 unspecified atom stereocenters. The van der Waals surface area contributed by atoms with Crippen LogP contribution in [0, 0.1) is 13.8 Å². The van der Waals surface area contributed by atoms with Crippen LogP contribution in [0.3, 0.4) is 0 Å². The quantitative estimate of drug-likeness (QED) is 0.880. The summed E-state index contributed by atoms with van der Waals surface area (Å²) < 4.78 is 28.3. The molecule has 2 aromatic rings. The van der Waals surface area contributed by atoms with Crippen molar-refractivity contribution < 1.29 is 8.42 Å². The summed E-state index contributed by atoms with van der Waals surface area (Å²) in [6, 6.07) is 1.33. The van der Waals surface area contributed by atoms with Gasteiger partial charge in [-0.05, 0) is 48.3 Å². The molecule has 0 aliphatic rings. The molecule has 2 rings (SSSR count). The first-order valence-corrected chi connectivity index (χ1v) is 9.41. The van der Waals surface area contributed by atoms with Crippen molar-refractivity contribution in [1.29, 1.82) is 0 Å². The van der Waals surface area contributed by atoms with E-state index in [1.807, 2.05) is 13.8 Å². The lowest BCUT2D eigenvalue weighted by Crippen LogP contribution is -2.26. The van der Waals surface area contributed by atoms with Crippen LogP contribution < -0.4 is 4.72 Å². The number of nitrogens with zero attached hydrogens (tertiary/aromatic N) is 1. The van der Waals surface area contributed by atoms with E-state index in [4.69, 9.17) is 0 Å². The van der Waals surface area contributed by atoms with Crippen molar-refractivity contribution in [2.45, 2.75) is 31.0 Å². The molecule has 1 N–H and O–H groups in total. The van der Waals surface area contributed by atoms with Crippen LogP contribution in [0.1, 0.15) is 28.4 Å². The molecule has 8 heteroatoms. The Labute approximate surface area is 129 Å². The molecule has 0 aliphatic carbocycles. The predicted octanol–water partition coefficient (Wildman–Crippen LogP) is 3.62. The third-order valence-electron chi connectivity index (χ3n) is 2.44. The zero-order valence-corrected chi connectivity index (χ0v) is 14.6. The molecule has 0 radical (unpaired) electrons. The second-order valence-electron chi connectivity index (χ2n) is 4.17. The summed E-state index contributed by atoms with van der Waals surface area (Å²) in [4.78, 5) is 5.27. The van der Waals surface area contributed by atoms with Gasteiger partial charge in [0.15, 0.2) is 0 Å². The first-order valence-electron chi connectivity index (χ1n) is 5.50. The highest BCUT2D eigenvalue weighted by molar-refractivity contribution is 9.11. The predicted molar refractivity (Wildman–Crippen MR) is 82.3 cm³/mol. The fraction of sp³-hybridized carbons (Fsp3) is 0.364. The normalized spacial score (nSPS) is 13.7. The summed E-state index contributed by atoms with van der Waals surface area (Å²) in [7, 11) is -3.49. The molecule has 0 aromatic carbocycles. The average molecular weight is 381 g/mol. The van der Waals surface area contributed by atoms with Crippen LogP contribution in [0.25, 0.3) is 0 Å². The van der Waals surface area contributed by atoms with Crippen LogP contribution in [-0.2, 0) is 10.0 Å². The second-order valence-corrected chi connectivity index (χ2v) is 9.75.